The number of carbonyl (C=O) groups is 2. The highest BCUT2D eigenvalue weighted by molar-refractivity contribution is 5.97. The smallest absolute Gasteiger partial charge is 0.328 e. The van der Waals surface area contributed by atoms with Gasteiger partial charge in [-0.2, -0.15) is 0 Å². The molecular weight excluding hydrogens is 316 g/mol. The molecule has 1 aromatic carbocycles. The third-order valence-electron chi connectivity index (χ3n) is 6.58. The Kier molecular flexibility index (Phi) is 3.97. The van der Waals surface area contributed by atoms with Crippen molar-refractivity contribution in [3.63, 3.8) is 0 Å². The molecule has 1 amide bonds. The molecule has 0 saturated heterocycles. The predicted octanol–water partition coefficient (Wildman–Crippen LogP) is 2.76. The molecule has 0 aromatic heterocycles. The van der Waals surface area contributed by atoms with Gasteiger partial charge >= 0.3 is 5.97 Å². The van der Waals surface area contributed by atoms with Crippen LogP contribution in [0.1, 0.15) is 48.9 Å². The molecule has 1 unspecified atom stereocenters. The van der Waals surface area contributed by atoms with E-state index < -0.39 is 6.04 Å². The summed E-state index contributed by atoms with van der Waals surface area (Å²) in [7, 11) is 1.41. The minimum Gasteiger partial charge on any atom is -0.467 e. The molecule has 25 heavy (non-hydrogen) atoms. The molecule has 3 N–H and O–H groups in total. The SMILES string of the molecule is COC(=O)C(NC(=O)c1ccc(N)cc1)C12CC3CC(CC(C3)C1)C2. The van der Waals surface area contributed by atoms with Gasteiger partial charge in [-0.1, -0.05) is 0 Å². The average Bonchev–Trinajstić information content (AvgIpc) is 2.58. The summed E-state index contributed by atoms with van der Waals surface area (Å²) in [5, 5.41) is 3.01. The highest BCUT2D eigenvalue weighted by atomic mass is 16.5. The summed E-state index contributed by atoms with van der Waals surface area (Å²) in [5.41, 5.74) is 6.70. The minimum atomic E-state index is -0.559. The first-order valence-corrected chi connectivity index (χ1v) is 9.23. The lowest BCUT2D eigenvalue weighted by molar-refractivity contribution is -0.154. The van der Waals surface area contributed by atoms with E-state index in [1.807, 2.05) is 0 Å². The van der Waals surface area contributed by atoms with E-state index in [0.29, 0.717) is 29.0 Å². The summed E-state index contributed by atoms with van der Waals surface area (Å²) in [5.74, 6) is 1.56. The van der Waals surface area contributed by atoms with Crippen molar-refractivity contribution < 1.29 is 14.3 Å². The Balaban J connectivity index is 1.59. The van der Waals surface area contributed by atoms with Crippen LogP contribution in [0, 0.1) is 23.2 Å². The van der Waals surface area contributed by atoms with Gasteiger partial charge in [0.15, 0.2) is 0 Å². The van der Waals surface area contributed by atoms with Crippen molar-refractivity contribution in [3.8, 4) is 0 Å². The van der Waals surface area contributed by atoms with Gasteiger partial charge in [0.05, 0.1) is 7.11 Å². The van der Waals surface area contributed by atoms with Crippen LogP contribution in [0.15, 0.2) is 24.3 Å². The lowest BCUT2D eigenvalue weighted by Crippen LogP contribution is -2.60. The Bertz CT molecular complexity index is 647. The third-order valence-corrected chi connectivity index (χ3v) is 6.58. The first-order chi connectivity index (χ1) is 12.0. The summed E-state index contributed by atoms with van der Waals surface area (Å²) in [4.78, 5) is 25.3. The lowest BCUT2D eigenvalue weighted by atomic mass is 9.47. The number of nitrogen functional groups attached to an aromatic ring is 1. The molecule has 0 heterocycles. The molecule has 0 spiro atoms. The van der Waals surface area contributed by atoms with Crippen LogP contribution in [0.4, 0.5) is 5.69 Å². The van der Waals surface area contributed by atoms with E-state index in [1.165, 1.54) is 26.4 Å². The van der Waals surface area contributed by atoms with Crippen LogP contribution in [-0.2, 0) is 9.53 Å². The molecule has 0 radical (unpaired) electrons. The fourth-order valence-electron chi connectivity index (χ4n) is 5.96. The predicted molar refractivity (Wildman–Crippen MR) is 94.7 cm³/mol. The molecule has 1 atom stereocenters. The highest BCUT2D eigenvalue weighted by Gasteiger charge is 2.56. The number of anilines is 1. The topological polar surface area (TPSA) is 81.4 Å². The third kappa shape index (κ3) is 2.90. The standard InChI is InChI=1S/C20H26N2O3/c1-25-19(24)17(22-18(23)15-2-4-16(21)5-3-15)20-9-12-6-13(10-20)8-14(7-12)11-20/h2-5,12-14,17H,6-11,21H2,1H3,(H,22,23). The first-order valence-electron chi connectivity index (χ1n) is 9.23. The molecule has 4 bridgehead atoms. The Morgan fingerprint density at radius 2 is 1.60 bits per heavy atom. The first kappa shape index (κ1) is 16.4. The number of hydrogen-bond acceptors (Lipinski definition) is 4. The van der Waals surface area contributed by atoms with Crippen LogP contribution in [0.25, 0.3) is 0 Å². The summed E-state index contributed by atoms with van der Waals surface area (Å²) in [6.45, 7) is 0. The second-order valence-electron chi connectivity index (χ2n) is 8.33. The molecule has 4 aliphatic rings. The summed E-state index contributed by atoms with van der Waals surface area (Å²) in [6, 6.07) is 6.23. The highest BCUT2D eigenvalue weighted by Crippen LogP contribution is 2.61. The number of benzene rings is 1. The maximum absolute atomic E-state index is 12.7. The Morgan fingerprint density at radius 1 is 1.08 bits per heavy atom. The van der Waals surface area contributed by atoms with Crippen LogP contribution < -0.4 is 11.1 Å². The van der Waals surface area contributed by atoms with Gasteiger partial charge in [0.2, 0.25) is 0 Å². The fraction of sp³-hybridized carbons (Fsp3) is 0.600. The lowest BCUT2D eigenvalue weighted by Gasteiger charge is -2.58. The van der Waals surface area contributed by atoms with E-state index in [9.17, 15) is 9.59 Å². The number of esters is 1. The molecule has 5 rings (SSSR count). The van der Waals surface area contributed by atoms with E-state index in [4.69, 9.17) is 10.5 Å². The largest absolute Gasteiger partial charge is 0.467 e. The number of methoxy groups -OCH3 is 1. The molecule has 0 aliphatic heterocycles. The summed E-state index contributed by atoms with van der Waals surface area (Å²) >= 11 is 0. The molecular formula is C20H26N2O3. The molecule has 4 fully saturated rings. The van der Waals surface area contributed by atoms with E-state index >= 15 is 0 Å². The van der Waals surface area contributed by atoms with Crippen molar-refractivity contribution in [2.45, 2.75) is 44.6 Å². The van der Waals surface area contributed by atoms with Crippen molar-refractivity contribution in [3.05, 3.63) is 29.8 Å². The molecule has 5 nitrogen and oxygen atoms in total. The van der Waals surface area contributed by atoms with E-state index in [-0.39, 0.29) is 17.3 Å². The zero-order valence-electron chi connectivity index (χ0n) is 14.7. The average molecular weight is 342 g/mol. The maximum Gasteiger partial charge on any atom is 0.328 e. The fourth-order valence-corrected chi connectivity index (χ4v) is 5.96. The second-order valence-corrected chi connectivity index (χ2v) is 8.33. The normalized spacial score (nSPS) is 33.7. The molecule has 134 valence electrons. The molecule has 5 heteroatoms. The van der Waals surface area contributed by atoms with Crippen LogP contribution >= 0.6 is 0 Å². The van der Waals surface area contributed by atoms with Crippen LogP contribution in [0.3, 0.4) is 0 Å². The van der Waals surface area contributed by atoms with E-state index in [2.05, 4.69) is 5.32 Å². The zero-order valence-corrected chi connectivity index (χ0v) is 14.7. The Morgan fingerprint density at radius 3 is 2.08 bits per heavy atom. The van der Waals surface area contributed by atoms with Gasteiger partial charge in [0, 0.05) is 16.7 Å². The number of rotatable bonds is 4. The quantitative estimate of drug-likeness (QED) is 0.651. The Hall–Kier alpha value is -2.04. The number of nitrogens with one attached hydrogen (secondary N) is 1. The minimum absolute atomic E-state index is 0.134. The van der Waals surface area contributed by atoms with Gasteiger partial charge in [-0.15, -0.1) is 0 Å². The molecule has 4 aliphatic carbocycles. The maximum atomic E-state index is 12.7. The second kappa shape index (κ2) is 6.04. The monoisotopic (exact) mass is 342 g/mol. The van der Waals surface area contributed by atoms with Gasteiger partial charge < -0.3 is 15.8 Å². The van der Waals surface area contributed by atoms with Gasteiger partial charge in [0.1, 0.15) is 6.04 Å². The Labute approximate surface area is 148 Å². The van der Waals surface area contributed by atoms with Crippen LogP contribution in [-0.4, -0.2) is 25.0 Å². The van der Waals surface area contributed by atoms with Crippen molar-refractivity contribution in [2.24, 2.45) is 23.2 Å². The summed E-state index contributed by atoms with van der Waals surface area (Å²) in [6.07, 6.45) is 6.96. The van der Waals surface area contributed by atoms with E-state index in [0.717, 1.165) is 19.3 Å². The van der Waals surface area contributed by atoms with Crippen molar-refractivity contribution >= 4 is 17.6 Å². The van der Waals surface area contributed by atoms with Gasteiger partial charge in [0.25, 0.3) is 5.91 Å². The van der Waals surface area contributed by atoms with Crippen molar-refractivity contribution in [2.75, 3.05) is 12.8 Å². The van der Waals surface area contributed by atoms with Crippen molar-refractivity contribution in [1.29, 1.82) is 0 Å². The number of amides is 1. The number of nitrogens with two attached hydrogens (primary N) is 1. The van der Waals surface area contributed by atoms with Gasteiger partial charge in [-0.05, 0) is 80.5 Å². The number of ether oxygens (including phenoxy) is 1. The zero-order chi connectivity index (χ0) is 17.6. The van der Waals surface area contributed by atoms with Gasteiger partial charge in [-0.25, -0.2) is 4.79 Å². The summed E-state index contributed by atoms with van der Waals surface area (Å²) < 4.78 is 5.08. The van der Waals surface area contributed by atoms with Crippen molar-refractivity contribution in [1.82, 2.24) is 5.32 Å². The van der Waals surface area contributed by atoms with E-state index in [1.54, 1.807) is 24.3 Å². The molecule has 4 saturated carbocycles. The molecule has 1 aromatic rings. The van der Waals surface area contributed by atoms with Crippen LogP contribution in [0.5, 0.6) is 0 Å². The van der Waals surface area contributed by atoms with Crippen LogP contribution in [0.2, 0.25) is 0 Å². The van der Waals surface area contributed by atoms with Gasteiger partial charge in [-0.3, -0.25) is 4.79 Å². The number of hydrogen-bond donors (Lipinski definition) is 2. The number of carbonyl (C=O) groups excluding carboxylic acids is 2.